The van der Waals surface area contributed by atoms with Crippen LogP contribution in [0.3, 0.4) is 0 Å². The van der Waals surface area contributed by atoms with Crippen LogP contribution < -0.4 is 0 Å². The highest BCUT2D eigenvalue weighted by Gasteiger charge is 2.60. The fourth-order valence-corrected chi connectivity index (χ4v) is 1.67. The van der Waals surface area contributed by atoms with Gasteiger partial charge in [-0.15, -0.1) is 0 Å². The average molecular weight is 284 g/mol. The molecule has 0 bridgehead atoms. The highest BCUT2D eigenvalue weighted by Crippen LogP contribution is 2.42. The van der Waals surface area contributed by atoms with Gasteiger partial charge in [-0.2, -0.15) is 13.2 Å². The number of benzene rings is 1. The molecule has 8 heteroatoms. The van der Waals surface area contributed by atoms with Crippen LogP contribution in [-0.4, -0.2) is 24.8 Å². The number of hydrogen-bond acceptors (Lipinski definition) is 3. The van der Waals surface area contributed by atoms with Gasteiger partial charge in [0.15, 0.2) is 0 Å². The molecule has 0 aliphatic heterocycles. The van der Waals surface area contributed by atoms with Gasteiger partial charge in [-0.05, 0) is 17.7 Å². The first-order chi connectivity index (χ1) is 8.23. The molecular weight excluding hydrogens is 275 g/mol. The highest BCUT2D eigenvalue weighted by molar-refractivity contribution is 6.30. The molecule has 18 heavy (non-hydrogen) atoms. The van der Waals surface area contributed by atoms with Gasteiger partial charge < -0.3 is 4.74 Å². The van der Waals surface area contributed by atoms with Crippen LogP contribution in [0.15, 0.2) is 24.3 Å². The third-order valence-electron chi connectivity index (χ3n) is 2.47. The van der Waals surface area contributed by atoms with Gasteiger partial charge in [0.1, 0.15) is 0 Å². The SMILES string of the molecule is COC(C[N+](=O)[O-])(c1ccc(Cl)cc1)C(F)(F)F. The van der Waals surface area contributed by atoms with Crippen LogP contribution in [0.2, 0.25) is 5.02 Å². The smallest absolute Gasteiger partial charge is 0.359 e. The van der Waals surface area contributed by atoms with Crippen molar-refractivity contribution in [1.29, 1.82) is 0 Å². The quantitative estimate of drug-likeness (QED) is 0.630. The number of nitrogens with zero attached hydrogens (tertiary/aromatic N) is 1. The van der Waals surface area contributed by atoms with Gasteiger partial charge in [-0.25, -0.2) is 0 Å². The van der Waals surface area contributed by atoms with Crippen molar-refractivity contribution in [1.82, 2.24) is 0 Å². The van der Waals surface area contributed by atoms with E-state index >= 15 is 0 Å². The predicted octanol–water partition coefficient (Wildman–Crippen LogP) is 3.02. The summed E-state index contributed by atoms with van der Waals surface area (Å²) in [6.45, 7) is -1.41. The molecule has 1 atom stereocenters. The topological polar surface area (TPSA) is 52.4 Å². The van der Waals surface area contributed by atoms with Gasteiger partial charge in [-0.1, -0.05) is 23.7 Å². The van der Waals surface area contributed by atoms with Gasteiger partial charge in [0.05, 0.1) is 0 Å². The summed E-state index contributed by atoms with van der Waals surface area (Å²) in [5.74, 6) is 0. The highest BCUT2D eigenvalue weighted by atomic mass is 35.5. The van der Waals surface area contributed by atoms with Crippen LogP contribution >= 0.6 is 11.6 Å². The molecule has 0 spiro atoms. The number of rotatable bonds is 4. The lowest BCUT2D eigenvalue weighted by Crippen LogP contribution is -2.49. The normalized spacial score (nSPS) is 15.2. The van der Waals surface area contributed by atoms with Crippen molar-refractivity contribution >= 4 is 11.6 Å². The monoisotopic (exact) mass is 283 g/mol. The van der Waals surface area contributed by atoms with E-state index in [2.05, 4.69) is 4.74 Å². The first kappa shape index (κ1) is 14.7. The van der Waals surface area contributed by atoms with E-state index in [9.17, 15) is 23.3 Å². The molecule has 0 amide bonds. The van der Waals surface area contributed by atoms with Gasteiger partial charge in [-0.3, -0.25) is 10.1 Å². The minimum atomic E-state index is -4.91. The first-order valence-corrected chi connectivity index (χ1v) is 5.10. The number of hydrogen-bond donors (Lipinski definition) is 0. The van der Waals surface area contributed by atoms with Crippen molar-refractivity contribution in [3.8, 4) is 0 Å². The van der Waals surface area contributed by atoms with Crippen molar-refractivity contribution in [3.63, 3.8) is 0 Å². The number of halogens is 4. The predicted molar refractivity (Wildman–Crippen MR) is 58.1 cm³/mol. The molecule has 0 heterocycles. The van der Waals surface area contributed by atoms with Crippen LogP contribution in [0.25, 0.3) is 0 Å². The molecule has 0 saturated carbocycles. The van der Waals surface area contributed by atoms with E-state index in [1.165, 1.54) is 12.1 Å². The Kier molecular flexibility index (Phi) is 4.18. The van der Waals surface area contributed by atoms with Gasteiger partial charge in [0, 0.05) is 17.1 Å². The summed E-state index contributed by atoms with van der Waals surface area (Å²) in [4.78, 5) is 9.40. The van der Waals surface area contributed by atoms with Gasteiger partial charge in [0.25, 0.3) is 5.60 Å². The van der Waals surface area contributed by atoms with E-state index in [4.69, 9.17) is 11.6 Å². The molecule has 0 radical (unpaired) electrons. The summed E-state index contributed by atoms with van der Waals surface area (Å²) in [6, 6.07) is 4.55. The molecule has 1 unspecified atom stereocenters. The van der Waals surface area contributed by atoms with E-state index in [0.717, 1.165) is 19.2 Å². The fourth-order valence-electron chi connectivity index (χ4n) is 1.54. The van der Waals surface area contributed by atoms with Crippen molar-refractivity contribution in [2.24, 2.45) is 0 Å². The zero-order valence-corrected chi connectivity index (χ0v) is 9.96. The molecule has 1 aromatic carbocycles. The van der Waals surface area contributed by atoms with E-state index in [0.29, 0.717) is 0 Å². The largest absolute Gasteiger partial charge is 0.428 e. The molecule has 4 nitrogen and oxygen atoms in total. The Labute approximate surface area is 105 Å². The minimum absolute atomic E-state index is 0.229. The van der Waals surface area contributed by atoms with Crippen molar-refractivity contribution < 1.29 is 22.8 Å². The molecule has 0 aromatic heterocycles. The maximum absolute atomic E-state index is 13.1. The van der Waals surface area contributed by atoms with Crippen molar-refractivity contribution in [2.75, 3.05) is 13.7 Å². The lowest BCUT2D eigenvalue weighted by atomic mass is 9.93. The molecule has 100 valence electrons. The second kappa shape index (κ2) is 5.11. The molecule has 0 saturated heterocycles. The van der Waals surface area contributed by atoms with Crippen LogP contribution in [0, 0.1) is 10.1 Å². The summed E-state index contributed by atoms with van der Waals surface area (Å²) in [7, 11) is 0.783. The standard InChI is InChI=1S/C10H9ClF3NO3/c1-18-9(6-15(16)17,10(12,13)14)7-2-4-8(11)5-3-7/h2-5H,6H2,1H3. The van der Waals surface area contributed by atoms with E-state index < -0.39 is 23.2 Å². The average Bonchev–Trinajstić information content (AvgIpc) is 2.25. The van der Waals surface area contributed by atoms with E-state index in [1.807, 2.05) is 0 Å². The van der Waals surface area contributed by atoms with Crippen LogP contribution in [-0.2, 0) is 10.3 Å². The summed E-state index contributed by atoms with van der Waals surface area (Å²) < 4.78 is 43.6. The van der Waals surface area contributed by atoms with Gasteiger partial charge >= 0.3 is 6.18 Å². The Balaban J connectivity index is 3.34. The Bertz CT molecular complexity index is 435. The Morgan fingerprint density at radius 3 is 2.17 bits per heavy atom. The maximum atomic E-state index is 13.1. The zero-order chi connectivity index (χ0) is 14.0. The Morgan fingerprint density at radius 1 is 1.33 bits per heavy atom. The molecule has 0 aliphatic rings. The summed E-state index contributed by atoms with van der Waals surface area (Å²) in [5, 5.41) is 10.7. The summed E-state index contributed by atoms with van der Waals surface area (Å²) in [6.07, 6.45) is -4.91. The second-order valence-electron chi connectivity index (χ2n) is 3.53. The second-order valence-corrected chi connectivity index (χ2v) is 3.96. The van der Waals surface area contributed by atoms with E-state index in [1.54, 1.807) is 0 Å². The molecule has 0 aliphatic carbocycles. The third-order valence-corrected chi connectivity index (χ3v) is 2.72. The third kappa shape index (κ3) is 2.73. The maximum Gasteiger partial charge on any atom is 0.428 e. The number of nitro groups is 1. The number of ether oxygens (including phenoxy) is 1. The fraction of sp³-hybridized carbons (Fsp3) is 0.400. The molecule has 0 fully saturated rings. The summed E-state index contributed by atoms with van der Waals surface area (Å²) in [5.41, 5.74) is -3.33. The minimum Gasteiger partial charge on any atom is -0.359 e. The number of methoxy groups -OCH3 is 1. The summed E-state index contributed by atoms with van der Waals surface area (Å²) >= 11 is 5.57. The van der Waals surface area contributed by atoms with Crippen molar-refractivity contribution in [2.45, 2.75) is 11.8 Å². The van der Waals surface area contributed by atoms with Crippen LogP contribution in [0.5, 0.6) is 0 Å². The van der Waals surface area contributed by atoms with Gasteiger partial charge in [0.2, 0.25) is 6.54 Å². The Morgan fingerprint density at radius 2 is 1.83 bits per heavy atom. The van der Waals surface area contributed by atoms with Crippen molar-refractivity contribution in [3.05, 3.63) is 45.0 Å². The van der Waals surface area contributed by atoms with Crippen LogP contribution in [0.4, 0.5) is 13.2 Å². The lowest BCUT2D eigenvalue weighted by molar-refractivity contribution is -0.520. The van der Waals surface area contributed by atoms with Crippen LogP contribution in [0.1, 0.15) is 5.56 Å². The molecule has 1 aromatic rings. The molecule has 1 rings (SSSR count). The zero-order valence-electron chi connectivity index (χ0n) is 9.20. The number of alkyl halides is 3. The van der Waals surface area contributed by atoms with E-state index in [-0.39, 0.29) is 10.6 Å². The first-order valence-electron chi connectivity index (χ1n) is 4.72. The Hall–Kier alpha value is -1.34. The lowest BCUT2D eigenvalue weighted by Gasteiger charge is -2.31. The molecule has 0 N–H and O–H groups in total. The molecular formula is C10H9ClF3NO3.